The standard InChI is InChI=1S/C21H19ClN4O4/c1-29-17-8-3-12(9-18(17)30-2)15-10-19-24-20(27)11-16(26(19)25-15)21(28)23-14-6-4-13(22)5-7-14/h3-10,16H,11H2,1-2H3,(H,23,28)(H,24,27)/t16-/m0/s1. The lowest BCUT2D eigenvalue weighted by molar-refractivity contribution is -0.125. The number of aromatic nitrogens is 2. The second-order valence-corrected chi connectivity index (χ2v) is 7.13. The van der Waals surface area contributed by atoms with Gasteiger partial charge in [-0.05, 0) is 42.5 Å². The van der Waals surface area contributed by atoms with E-state index in [2.05, 4.69) is 15.7 Å². The number of methoxy groups -OCH3 is 2. The van der Waals surface area contributed by atoms with E-state index in [-0.39, 0.29) is 18.2 Å². The van der Waals surface area contributed by atoms with E-state index < -0.39 is 6.04 Å². The summed E-state index contributed by atoms with van der Waals surface area (Å²) in [6.45, 7) is 0. The van der Waals surface area contributed by atoms with Crippen molar-refractivity contribution in [2.75, 3.05) is 24.9 Å². The first-order valence-corrected chi connectivity index (χ1v) is 9.54. The van der Waals surface area contributed by atoms with Crippen molar-refractivity contribution in [2.45, 2.75) is 12.5 Å². The molecule has 0 bridgehead atoms. The van der Waals surface area contributed by atoms with Crippen LogP contribution in [0.25, 0.3) is 11.3 Å². The molecule has 0 saturated heterocycles. The Balaban J connectivity index is 1.65. The molecule has 0 fully saturated rings. The van der Waals surface area contributed by atoms with Gasteiger partial charge in [-0.2, -0.15) is 5.10 Å². The number of nitrogens with zero attached hydrogens (tertiary/aromatic N) is 2. The number of ether oxygens (including phenoxy) is 2. The molecule has 3 aromatic rings. The lowest BCUT2D eigenvalue weighted by atomic mass is 10.1. The Bertz CT molecular complexity index is 1110. The molecule has 8 nitrogen and oxygen atoms in total. The van der Waals surface area contributed by atoms with E-state index >= 15 is 0 Å². The third kappa shape index (κ3) is 3.81. The number of carbonyl (C=O) groups is 2. The van der Waals surface area contributed by atoms with E-state index in [0.717, 1.165) is 5.56 Å². The highest BCUT2D eigenvalue weighted by atomic mass is 35.5. The second kappa shape index (κ2) is 8.08. The van der Waals surface area contributed by atoms with E-state index in [1.54, 1.807) is 56.7 Å². The van der Waals surface area contributed by atoms with E-state index in [9.17, 15) is 9.59 Å². The molecule has 0 spiro atoms. The molecule has 2 aromatic carbocycles. The molecular weight excluding hydrogens is 408 g/mol. The third-order valence-corrected chi connectivity index (χ3v) is 5.02. The van der Waals surface area contributed by atoms with Gasteiger partial charge < -0.3 is 20.1 Å². The van der Waals surface area contributed by atoms with Crippen molar-refractivity contribution in [3.8, 4) is 22.8 Å². The fraction of sp³-hybridized carbons (Fsp3) is 0.190. The van der Waals surface area contributed by atoms with Gasteiger partial charge in [0.25, 0.3) is 0 Å². The second-order valence-electron chi connectivity index (χ2n) is 6.69. The number of carbonyl (C=O) groups excluding carboxylic acids is 2. The van der Waals surface area contributed by atoms with Crippen LogP contribution in [-0.4, -0.2) is 35.8 Å². The summed E-state index contributed by atoms with van der Waals surface area (Å²) in [7, 11) is 3.11. The molecule has 0 saturated carbocycles. The molecule has 154 valence electrons. The molecule has 1 aliphatic heterocycles. The summed E-state index contributed by atoms with van der Waals surface area (Å²) >= 11 is 5.89. The monoisotopic (exact) mass is 426 g/mol. The highest BCUT2D eigenvalue weighted by Crippen LogP contribution is 2.35. The van der Waals surface area contributed by atoms with E-state index in [0.29, 0.717) is 33.7 Å². The molecule has 1 aliphatic rings. The fourth-order valence-electron chi connectivity index (χ4n) is 3.28. The summed E-state index contributed by atoms with van der Waals surface area (Å²) in [4.78, 5) is 25.1. The quantitative estimate of drug-likeness (QED) is 0.648. The Labute approximate surface area is 177 Å². The van der Waals surface area contributed by atoms with Gasteiger partial charge in [0.2, 0.25) is 11.8 Å². The summed E-state index contributed by atoms with van der Waals surface area (Å²) in [5.41, 5.74) is 1.95. The van der Waals surface area contributed by atoms with Gasteiger partial charge in [0.05, 0.1) is 26.3 Å². The van der Waals surface area contributed by atoms with Crippen molar-refractivity contribution < 1.29 is 19.1 Å². The minimum absolute atomic E-state index is 0.0144. The Hall–Kier alpha value is -3.52. The average Bonchev–Trinajstić information content (AvgIpc) is 3.18. The number of hydrogen-bond acceptors (Lipinski definition) is 5. The van der Waals surface area contributed by atoms with E-state index in [1.165, 1.54) is 4.68 Å². The topological polar surface area (TPSA) is 94.5 Å². The number of halogens is 1. The maximum absolute atomic E-state index is 12.9. The van der Waals surface area contributed by atoms with Gasteiger partial charge in [0.1, 0.15) is 11.9 Å². The van der Waals surface area contributed by atoms with Gasteiger partial charge in [-0.25, -0.2) is 4.68 Å². The van der Waals surface area contributed by atoms with Crippen LogP contribution >= 0.6 is 11.6 Å². The highest BCUT2D eigenvalue weighted by Gasteiger charge is 2.32. The van der Waals surface area contributed by atoms with Crippen molar-refractivity contribution in [3.63, 3.8) is 0 Å². The molecule has 2 amide bonds. The summed E-state index contributed by atoms with van der Waals surface area (Å²) < 4.78 is 12.1. The van der Waals surface area contributed by atoms with Crippen molar-refractivity contribution in [2.24, 2.45) is 0 Å². The summed E-state index contributed by atoms with van der Waals surface area (Å²) in [6.07, 6.45) is -0.0144. The van der Waals surface area contributed by atoms with Crippen molar-refractivity contribution in [3.05, 3.63) is 53.6 Å². The minimum Gasteiger partial charge on any atom is -0.493 e. The van der Waals surface area contributed by atoms with Crippen LogP contribution in [0.3, 0.4) is 0 Å². The van der Waals surface area contributed by atoms with Crippen LogP contribution in [-0.2, 0) is 9.59 Å². The van der Waals surface area contributed by atoms with Gasteiger partial charge in [-0.1, -0.05) is 11.6 Å². The first kappa shape index (κ1) is 19.8. The molecule has 0 aliphatic carbocycles. The zero-order valence-corrected chi connectivity index (χ0v) is 17.1. The first-order valence-electron chi connectivity index (χ1n) is 9.16. The SMILES string of the molecule is COc1ccc(-c2cc3n(n2)[C@H](C(=O)Nc2ccc(Cl)cc2)CC(=O)N3)cc1OC. The Kier molecular flexibility index (Phi) is 5.33. The lowest BCUT2D eigenvalue weighted by Gasteiger charge is -2.23. The smallest absolute Gasteiger partial charge is 0.249 e. The molecular formula is C21H19ClN4O4. The molecule has 0 radical (unpaired) electrons. The third-order valence-electron chi connectivity index (χ3n) is 4.77. The molecule has 2 N–H and O–H groups in total. The number of benzene rings is 2. The molecule has 0 unspecified atom stereocenters. The molecule has 30 heavy (non-hydrogen) atoms. The Morgan fingerprint density at radius 2 is 1.87 bits per heavy atom. The Morgan fingerprint density at radius 1 is 1.13 bits per heavy atom. The number of rotatable bonds is 5. The van der Waals surface area contributed by atoms with Gasteiger partial charge in [0, 0.05) is 22.3 Å². The van der Waals surface area contributed by atoms with Gasteiger partial charge in [0.15, 0.2) is 11.5 Å². The van der Waals surface area contributed by atoms with Crippen molar-refractivity contribution in [1.82, 2.24) is 9.78 Å². The van der Waals surface area contributed by atoms with Crippen molar-refractivity contribution >= 4 is 34.9 Å². The maximum Gasteiger partial charge on any atom is 0.249 e. The predicted molar refractivity (Wildman–Crippen MR) is 113 cm³/mol. The Morgan fingerprint density at radius 3 is 2.57 bits per heavy atom. The summed E-state index contributed by atoms with van der Waals surface area (Å²) in [6, 6.07) is 13.1. The van der Waals surface area contributed by atoms with E-state index in [1.807, 2.05) is 6.07 Å². The van der Waals surface area contributed by atoms with Crippen LogP contribution in [0, 0.1) is 0 Å². The van der Waals surface area contributed by atoms with Gasteiger partial charge in [-0.3, -0.25) is 9.59 Å². The number of fused-ring (bicyclic) bond motifs is 1. The van der Waals surface area contributed by atoms with E-state index in [4.69, 9.17) is 21.1 Å². The van der Waals surface area contributed by atoms with Gasteiger partial charge in [-0.15, -0.1) is 0 Å². The molecule has 1 aromatic heterocycles. The normalized spacial score (nSPS) is 15.2. The van der Waals surface area contributed by atoms with Crippen molar-refractivity contribution in [1.29, 1.82) is 0 Å². The summed E-state index contributed by atoms with van der Waals surface area (Å²) in [5.74, 6) is 1.01. The van der Waals surface area contributed by atoms with Crippen LogP contribution in [0.1, 0.15) is 12.5 Å². The molecule has 1 atom stereocenters. The maximum atomic E-state index is 12.9. The minimum atomic E-state index is -0.779. The number of nitrogens with one attached hydrogen (secondary N) is 2. The number of hydrogen-bond donors (Lipinski definition) is 2. The predicted octanol–water partition coefficient (Wildman–Crippen LogP) is 3.74. The number of anilines is 2. The zero-order chi connectivity index (χ0) is 21.3. The van der Waals surface area contributed by atoms with Crippen LogP contribution in [0.2, 0.25) is 5.02 Å². The molecule has 9 heteroatoms. The number of amides is 2. The average molecular weight is 427 g/mol. The summed E-state index contributed by atoms with van der Waals surface area (Å²) in [5, 5.41) is 10.7. The highest BCUT2D eigenvalue weighted by molar-refractivity contribution is 6.30. The van der Waals surface area contributed by atoms with Crippen LogP contribution < -0.4 is 20.1 Å². The fourth-order valence-corrected chi connectivity index (χ4v) is 3.41. The molecule has 2 heterocycles. The zero-order valence-electron chi connectivity index (χ0n) is 16.3. The molecule has 4 rings (SSSR count). The van der Waals surface area contributed by atoms with Gasteiger partial charge >= 0.3 is 0 Å². The van der Waals surface area contributed by atoms with Crippen LogP contribution in [0.15, 0.2) is 48.5 Å². The van der Waals surface area contributed by atoms with Crippen LogP contribution in [0.4, 0.5) is 11.5 Å². The van der Waals surface area contributed by atoms with Crippen LogP contribution in [0.5, 0.6) is 11.5 Å². The largest absolute Gasteiger partial charge is 0.493 e. The lowest BCUT2D eigenvalue weighted by Crippen LogP contribution is -2.35. The first-order chi connectivity index (χ1) is 14.5.